The highest BCUT2D eigenvalue weighted by molar-refractivity contribution is 5.94. The van der Waals surface area contributed by atoms with Crippen molar-refractivity contribution in [2.75, 3.05) is 13.1 Å². The molecule has 0 N–H and O–H groups in total. The zero-order chi connectivity index (χ0) is 17.2. The SMILES string of the molecule is CCCCN(CC)C(=O)c1c(C)nc2ccc(C(F)(F)F)cn12. The van der Waals surface area contributed by atoms with Gasteiger partial charge in [-0.05, 0) is 32.4 Å². The van der Waals surface area contributed by atoms with Gasteiger partial charge in [0.2, 0.25) is 0 Å². The fourth-order valence-electron chi connectivity index (χ4n) is 2.49. The van der Waals surface area contributed by atoms with Crippen LogP contribution < -0.4 is 0 Å². The third-order valence-corrected chi connectivity index (χ3v) is 3.77. The third-order valence-electron chi connectivity index (χ3n) is 3.77. The van der Waals surface area contributed by atoms with Crippen molar-refractivity contribution in [3.05, 3.63) is 35.3 Å². The van der Waals surface area contributed by atoms with Crippen molar-refractivity contribution in [1.29, 1.82) is 0 Å². The Hall–Kier alpha value is -2.05. The summed E-state index contributed by atoms with van der Waals surface area (Å²) in [6.45, 7) is 6.60. The lowest BCUT2D eigenvalue weighted by Crippen LogP contribution is -2.33. The summed E-state index contributed by atoms with van der Waals surface area (Å²) in [6.07, 6.45) is -1.73. The Morgan fingerprint density at radius 2 is 2.00 bits per heavy atom. The van der Waals surface area contributed by atoms with E-state index in [9.17, 15) is 18.0 Å². The molecule has 0 radical (unpaired) electrons. The van der Waals surface area contributed by atoms with Crippen molar-refractivity contribution in [2.24, 2.45) is 0 Å². The number of halogens is 3. The van der Waals surface area contributed by atoms with Crippen LogP contribution in [0.15, 0.2) is 18.3 Å². The molecule has 0 aliphatic carbocycles. The van der Waals surface area contributed by atoms with Gasteiger partial charge in [0, 0.05) is 19.3 Å². The molecule has 2 rings (SSSR count). The van der Waals surface area contributed by atoms with E-state index in [-0.39, 0.29) is 11.6 Å². The van der Waals surface area contributed by atoms with E-state index in [4.69, 9.17) is 0 Å². The fourth-order valence-corrected chi connectivity index (χ4v) is 2.49. The first-order valence-corrected chi connectivity index (χ1v) is 7.64. The summed E-state index contributed by atoms with van der Waals surface area (Å²) >= 11 is 0. The first-order valence-electron chi connectivity index (χ1n) is 7.64. The van der Waals surface area contributed by atoms with Crippen LogP contribution in [-0.2, 0) is 6.18 Å². The highest BCUT2D eigenvalue weighted by atomic mass is 19.4. The minimum Gasteiger partial charge on any atom is -0.338 e. The Balaban J connectivity index is 2.50. The van der Waals surface area contributed by atoms with Crippen molar-refractivity contribution in [2.45, 2.75) is 39.8 Å². The topological polar surface area (TPSA) is 37.6 Å². The van der Waals surface area contributed by atoms with Gasteiger partial charge in [-0.1, -0.05) is 13.3 Å². The molecule has 23 heavy (non-hydrogen) atoms. The van der Waals surface area contributed by atoms with Crippen molar-refractivity contribution >= 4 is 11.6 Å². The fraction of sp³-hybridized carbons (Fsp3) is 0.500. The molecule has 0 aliphatic heterocycles. The van der Waals surface area contributed by atoms with Gasteiger partial charge in [-0.2, -0.15) is 13.2 Å². The smallest absolute Gasteiger partial charge is 0.338 e. The lowest BCUT2D eigenvalue weighted by molar-refractivity contribution is -0.137. The summed E-state index contributed by atoms with van der Waals surface area (Å²) in [6, 6.07) is 2.26. The Kier molecular flexibility index (Phi) is 4.97. The van der Waals surface area contributed by atoms with Gasteiger partial charge in [0.05, 0.1) is 11.3 Å². The van der Waals surface area contributed by atoms with Crippen molar-refractivity contribution in [3.8, 4) is 0 Å². The minimum atomic E-state index is -4.46. The second-order valence-corrected chi connectivity index (χ2v) is 5.43. The molecule has 0 saturated heterocycles. The second-order valence-electron chi connectivity index (χ2n) is 5.43. The summed E-state index contributed by atoms with van der Waals surface area (Å²) in [5, 5.41) is 0. The number of amides is 1. The van der Waals surface area contributed by atoms with E-state index in [0.717, 1.165) is 25.1 Å². The number of fused-ring (bicyclic) bond motifs is 1. The Morgan fingerprint density at radius 3 is 2.57 bits per heavy atom. The molecule has 4 nitrogen and oxygen atoms in total. The first-order chi connectivity index (χ1) is 10.8. The molecule has 0 spiro atoms. The van der Waals surface area contributed by atoms with E-state index in [1.54, 1.807) is 11.8 Å². The maximum absolute atomic E-state index is 12.9. The second kappa shape index (κ2) is 6.60. The number of pyridine rings is 1. The number of carbonyl (C=O) groups excluding carboxylic acids is 1. The predicted octanol–water partition coefficient (Wildman–Crippen LogP) is 3.92. The Labute approximate surface area is 132 Å². The summed E-state index contributed by atoms with van der Waals surface area (Å²) in [5.74, 6) is -0.287. The molecule has 0 unspecified atom stereocenters. The van der Waals surface area contributed by atoms with Gasteiger partial charge in [0.1, 0.15) is 11.3 Å². The molecular formula is C16H20F3N3O. The molecule has 0 bridgehead atoms. The van der Waals surface area contributed by atoms with Crippen LogP contribution in [0.1, 0.15) is 48.4 Å². The predicted molar refractivity (Wildman–Crippen MR) is 81.4 cm³/mol. The molecule has 0 saturated carbocycles. The lowest BCUT2D eigenvalue weighted by Gasteiger charge is -2.20. The molecule has 0 fully saturated rings. The highest BCUT2D eigenvalue weighted by Crippen LogP contribution is 2.30. The van der Waals surface area contributed by atoms with E-state index < -0.39 is 11.7 Å². The van der Waals surface area contributed by atoms with Gasteiger partial charge in [-0.15, -0.1) is 0 Å². The minimum absolute atomic E-state index is 0.198. The first kappa shape index (κ1) is 17.3. The van der Waals surface area contributed by atoms with Crippen LogP contribution in [0.4, 0.5) is 13.2 Å². The summed E-state index contributed by atoms with van der Waals surface area (Å²) < 4.78 is 40.0. The van der Waals surface area contributed by atoms with Gasteiger partial charge in [-0.3, -0.25) is 9.20 Å². The summed E-state index contributed by atoms with van der Waals surface area (Å²) in [4.78, 5) is 18.6. The quantitative estimate of drug-likeness (QED) is 0.834. The number of aryl methyl sites for hydroxylation is 1. The number of nitrogens with zero attached hydrogens (tertiary/aromatic N) is 3. The largest absolute Gasteiger partial charge is 0.417 e. The number of unbranched alkanes of at least 4 members (excludes halogenated alkanes) is 1. The maximum atomic E-state index is 12.9. The molecule has 0 atom stereocenters. The molecule has 2 aromatic rings. The van der Waals surface area contributed by atoms with Gasteiger partial charge in [0.15, 0.2) is 0 Å². The standard InChI is InChI=1S/C16H20F3N3O/c1-4-6-9-21(5-2)15(23)14-11(3)20-13-8-7-12(10-22(13)14)16(17,18)19/h7-8,10H,4-6,9H2,1-3H3. The number of hydrogen-bond donors (Lipinski definition) is 0. The molecule has 2 aromatic heterocycles. The Morgan fingerprint density at radius 1 is 1.30 bits per heavy atom. The van der Waals surface area contributed by atoms with Crippen molar-refractivity contribution < 1.29 is 18.0 Å². The molecule has 0 aliphatic rings. The molecule has 2 heterocycles. The third kappa shape index (κ3) is 3.48. The van der Waals surface area contributed by atoms with Crippen LogP contribution in [0.25, 0.3) is 5.65 Å². The number of alkyl halides is 3. The van der Waals surface area contributed by atoms with Gasteiger partial charge in [-0.25, -0.2) is 4.98 Å². The van der Waals surface area contributed by atoms with Crippen LogP contribution in [0, 0.1) is 6.92 Å². The lowest BCUT2D eigenvalue weighted by atomic mass is 10.2. The van der Waals surface area contributed by atoms with Gasteiger partial charge >= 0.3 is 6.18 Å². The van der Waals surface area contributed by atoms with Crippen LogP contribution in [0.5, 0.6) is 0 Å². The van der Waals surface area contributed by atoms with Crippen LogP contribution in [0.2, 0.25) is 0 Å². The summed E-state index contributed by atoms with van der Waals surface area (Å²) in [5.41, 5.74) is 0.173. The monoisotopic (exact) mass is 327 g/mol. The normalized spacial score (nSPS) is 11.9. The van der Waals surface area contributed by atoms with Crippen LogP contribution in [0.3, 0.4) is 0 Å². The van der Waals surface area contributed by atoms with E-state index in [1.165, 1.54) is 10.5 Å². The molecule has 126 valence electrons. The number of imidazole rings is 1. The summed E-state index contributed by atoms with van der Waals surface area (Å²) in [7, 11) is 0. The van der Waals surface area contributed by atoms with Gasteiger partial charge < -0.3 is 4.90 Å². The van der Waals surface area contributed by atoms with Crippen LogP contribution >= 0.6 is 0 Å². The zero-order valence-corrected chi connectivity index (χ0v) is 13.4. The highest BCUT2D eigenvalue weighted by Gasteiger charge is 2.32. The average Bonchev–Trinajstić information content (AvgIpc) is 2.81. The number of carbonyl (C=O) groups is 1. The van der Waals surface area contributed by atoms with E-state index in [2.05, 4.69) is 4.98 Å². The van der Waals surface area contributed by atoms with Crippen molar-refractivity contribution in [1.82, 2.24) is 14.3 Å². The Bertz CT molecular complexity index is 706. The molecule has 0 aromatic carbocycles. The van der Waals surface area contributed by atoms with Crippen LogP contribution in [-0.4, -0.2) is 33.3 Å². The van der Waals surface area contributed by atoms with Crippen molar-refractivity contribution in [3.63, 3.8) is 0 Å². The molecule has 1 amide bonds. The number of hydrogen-bond acceptors (Lipinski definition) is 2. The average molecular weight is 327 g/mol. The van der Waals surface area contributed by atoms with E-state index >= 15 is 0 Å². The molecule has 7 heteroatoms. The molecular weight excluding hydrogens is 307 g/mol. The number of rotatable bonds is 5. The number of aromatic nitrogens is 2. The van der Waals surface area contributed by atoms with E-state index in [0.29, 0.717) is 24.4 Å². The van der Waals surface area contributed by atoms with E-state index in [1.807, 2.05) is 13.8 Å². The maximum Gasteiger partial charge on any atom is 0.417 e. The zero-order valence-electron chi connectivity index (χ0n) is 13.4. The van der Waals surface area contributed by atoms with Gasteiger partial charge in [0.25, 0.3) is 5.91 Å².